The van der Waals surface area contributed by atoms with Crippen LogP contribution in [-0.4, -0.2) is 26.7 Å². The third-order valence-electron chi connectivity index (χ3n) is 2.52. The summed E-state index contributed by atoms with van der Waals surface area (Å²) in [6, 6.07) is 3.82. The van der Waals surface area contributed by atoms with Crippen LogP contribution in [0.3, 0.4) is 0 Å². The number of hydrogen-bond acceptors (Lipinski definition) is 3. The van der Waals surface area contributed by atoms with Gasteiger partial charge in [-0.05, 0) is 30.5 Å². The van der Waals surface area contributed by atoms with Gasteiger partial charge in [0.25, 0.3) is 0 Å². The van der Waals surface area contributed by atoms with E-state index in [0.717, 1.165) is 29.0 Å². The van der Waals surface area contributed by atoms with Gasteiger partial charge in [-0.15, -0.1) is 0 Å². The Morgan fingerprint density at radius 3 is 2.47 bits per heavy atom. The van der Waals surface area contributed by atoms with Crippen molar-refractivity contribution >= 4 is 5.96 Å². The molecule has 1 aromatic rings. The van der Waals surface area contributed by atoms with Gasteiger partial charge in [0, 0.05) is 12.6 Å². The lowest BCUT2D eigenvalue weighted by Gasteiger charge is -2.13. The molecule has 0 saturated heterocycles. The van der Waals surface area contributed by atoms with Gasteiger partial charge in [0.1, 0.15) is 11.5 Å². The van der Waals surface area contributed by atoms with E-state index in [1.807, 2.05) is 19.1 Å². The highest BCUT2D eigenvalue weighted by molar-refractivity contribution is 5.75. The predicted octanol–water partition coefficient (Wildman–Crippen LogP) is 0.828. The van der Waals surface area contributed by atoms with Crippen molar-refractivity contribution in [1.82, 2.24) is 0 Å². The molecule has 0 aromatic heterocycles. The largest absolute Gasteiger partial charge is 0.497 e. The first-order chi connectivity index (χ1) is 8.08. The average Bonchev–Trinajstić information content (AvgIpc) is 2.30. The van der Waals surface area contributed by atoms with Crippen molar-refractivity contribution in [2.75, 3.05) is 20.8 Å². The number of ether oxygens (including phenoxy) is 2. The van der Waals surface area contributed by atoms with Crippen molar-refractivity contribution in [3.8, 4) is 11.5 Å². The third-order valence-corrected chi connectivity index (χ3v) is 2.52. The molecular weight excluding hydrogens is 218 g/mol. The number of aliphatic imine (C=N–C) groups is 1. The van der Waals surface area contributed by atoms with Gasteiger partial charge < -0.3 is 20.9 Å². The summed E-state index contributed by atoms with van der Waals surface area (Å²) in [6.07, 6.45) is 0.733. The van der Waals surface area contributed by atoms with Crippen LogP contribution in [0, 0.1) is 6.92 Å². The first-order valence-electron chi connectivity index (χ1n) is 5.35. The first kappa shape index (κ1) is 13.2. The summed E-state index contributed by atoms with van der Waals surface area (Å²) in [6.45, 7) is 2.56. The van der Waals surface area contributed by atoms with E-state index in [1.54, 1.807) is 14.2 Å². The number of nitrogens with zero attached hydrogens (tertiary/aromatic N) is 1. The lowest BCUT2D eigenvalue weighted by atomic mass is 10.0. The molecule has 0 bridgehead atoms. The minimum Gasteiger partial charge on any atom is -0.497 e. The molecule has 94 valence electrons. The molecule has 0 heterocycles. The Labute approximate surface area is 101 Å². The molecule has 0 spiro atoms. The second-order valence-corrected chi connectivity index (χ2v) is 3.68. The minimum absolute atomic E-state index is 0.107. The minimum atomic E-state index is 0.107. The molecule has 0 atom stereocenters. The van der Waals surface area contributed by atoms with E-state index in [9.17, 15) is 0 Å². The number of guanidine groups is 1. The van der Waals surface area contributed by atoms with Gasteiger partial charge in [0.2, 0.25) is 0 Å². The monoisotopic (exact) mass is 237 g/mol. The zero-order chi connectivity index (χ0) is 12.8. The molecule has 1 aromatic carbocycles. The zero-order valence-electron chi connectivity index (χ0n) is 10.5. The van der Waals surface area contributed by atoms with Gasteiger partial charge in [0.15, 0.2) is 5.96 Å². The molecule has 1 rings (SSSR count). The Balaban J connectivity index is 2.93. The van der Waals surface area contributed by atoms with Gasteiger partial charge in [-0.2, -0.15) is 0 Å². The second-order valence-electron chi connectivity index (χ2n) is 3.68. The first-order valence-corrected chi connectivity index (χ1v) is 5.35. The molecule has 4 N–H and O–H groups in total. The molecule has 5 heteroatoms. The van der Waals surface area contributed by atoms with Gasteiger partial charge in [-0.25, -0.2) is 0 Å². The van der Waals surface area contributed by atoms with Gasteiger partial charge in [-0.3, -0.25) is 4.99 Å². The van der Waals surface area contributed by atoms with Gasteiger partial charge in [-0.1, -0.05) is 0 Å². The molecule has 0 fully saturated rings. The molecule has 0 amide bonds. The normalized spacial score (nSPS) is 9.82. The number of methoxy groups -OCH3 is 2. The quantitative estimate of drug-likeness (QED) is 0.587. The standard InChI is InChI=1S/C12H19N3O2/c1-8-6-9(16-2)7-11(17-3)10(8)4-5-15-12(13)14/h6-7H,4-5H2,1-3H3,(H4,13,14,15). The van der Waals surface area contributed by atoms with E-state index in [2.05, 4.69) is 4.99 Å². The smallest absolute Gasteiger partial charge is 0.185 e. The van der Waals surface area contributed by atoms with E-state index in [0.29, 0.717) is 6.54 Å². The summed E-state index contributed by atoms with van der Waals surface area (Å²) in [5.74, 6) is 1.69. The van der Waals surface area contributed by atoms with Crippen molar-refractivity contribution in [3.05, 3.63) is 23.3 Å². The fourth-order valence-electron chi connectivity index (χ4n) is 1.67. The molecular formula is C12H19N3O2. The molecule has 0 aliphatic heterocycles. The van der Waals surface area contributed by atoms with Gasteiger partial charge >= 0.3 is 0 Å². The maximum Gasteiger partial charge on any atom is 0.185 e. The van der Waals surface area contributed by atoms with Crippen LogP contribution in [0.2, 0.25) is 0 Å². The van der Waals surface area contributed by atoms with Crippen molar-refractivity contribution in [1.29, 1.82) is 0 Å². The highest BCUT2D eigenvalue weighted by atomic mass is 16.5. The maximum atomic E-state index is 5.34. The van der Waals surface area contributed by atoms with Crippen LogP contribution in [0.25, 0.3) is 0 Å². The number of hydrogen-bond donors (Lipinski definition) is 2. The summed E-state index contributed by atoms with van der Waals surface area (Å²) in [5, 5.41) is 0. The van der Waals surface area contributed by atoms with Crippen LogP contribution in [0.5, 0.6) is 11.5 Å². The Morgan fingerprint density at radius 1 is 1.24 bits per heavy atom. The highest BCUT2D eigenvalue weighted by Crippen LogP contribution is 2.28. The third kappa shape index (κ3) is 3.55. The summed E-state index contributed by atoms with van der Waals surface area (Å²) in [4.78, 5) is 3.96. The van der Waals surface area contributed by atoms with E-state index in [4.69, 9.17) is 20.9 Å². The summed E-state index contributed by atoms with van der Waals surface area (Å²) in [7, 11) is 3.27. The molecule has 5 nitrogen and oxygen atoms in total. The summed E-state index contributed by atoms with van der Waals surface area (Å²) < 4.78 is 10.5. The van der Waals surface area contributed by atoms with Crippen molar-refractivity contribution in [2.24, 2.45) is 16.5 Å². The number of benzene rings is 1. The molecule has 0 radical (unpaired) electrons. The predicted molar refractivity (Wildman–Crippen MR) is 68.7 cm³/mol. The van der Waals surface area contributed by atoms with Crippen LogP contribution < -0.4 is 20.9 Å². The average molecular weight is 237 g/mol. The van der Waals surface area contributed by atoms with E-state index in [-0.39, 0.29) is 5.96 Å². The Hall–Kier alpha value is -1.91. The molecule has 0 unspecified atom stereocenters. The van der Waals surface area contributed by atoms with Crippen LogP contribution in [0.4, 0.5) is 0 Å². The number of nitrogens with two attached hydrogens (primary N) is 2. The summed E-state index contributed by atoms with van der Waals surface area (Å²) in [5.41, 5.74) is 12.8. The van der Waals surface area contributed by atoms with E-state index >= 15 is 0 Å². The van der Waals surface area contributed by atoms with Crippen molar-refractivity contribution < 1.29 is 9.47 Å². The SMILES string of the molecule is COc1cc(C)c(CCN=C(N)N)c(OC)c1. The maximum absolute atomic E-state index is 5.34. The Kier molecular flexibility index (Phi) is 4.63. The Morgan fingerprint density at radius 2 is 1.94 bits per heavy atom. The van der Waals surface area contributed by atoms with Crippen molar-refractivity contribution in [3.63, 3.8) is 0 Å². The topological polar surface area (TPSA) is 82.9 Å². The highest BCUT2D eigenvalue weighted by Gasteiger charge is 2.08. The summed E-state index contributed by atoms with van der Waals surface area (Å²) >= 11 is 0. The number of rotatable bonds is 5. The lowest BCUT2D eigenvalue weighted by Crippen LogP contribution is -2.23. The van der Waals surface area contributed by atoms with E-state index in [1.165, 1.54) is 0 Å². The molecule has 0 aliphatic carbocycles. The Bertz CT molecular complexity index is 412. The molecule has 0 aliphatic rings. The second kappa shape index (κ2) is 5.98. The molecule has 0 saturated carbocycles. The van der Waals surface area contributed by atoms with Gasteiger partial charge in [0.05, 0.1) is 14.2 Å². The number of aryl methyl sites for hydroxylation is 1. The van der Waals surface area contributed by atoms with Crippen LogP contribution in [-0.2, 0) is 6.42 Å². The van der Waals surface area contributed by atoms with E-state index < -0.39 is 0 Å². The van der Waals surface area contributed by atoms with Crippen LogP contribution in [0.15, 0.2) is 17.1 Å². The zero-order valence-corrected chi connectivity index (χ0v) is 10.5. The van der Waals surface area contributed by atoms with Crippen LogP contribution in [0.1, 0.15) is 11.1 Å². The molecule has 17 heavy (non-hydrogen) atoms. The van der Waals surface area contributed by atoms with Crippen LogP contribution >= 0.6 is 0 Å². The fraction of sp³-hybridized carbons (Fsp3) is 0.417. The fourth-order valence-corrected chi connectivity index (χ4v) is 1.67. The lowest BCUT2D eigenvalue weighted by molar-refractivity contribution is 0.390. The van der Waals surface area contributed by atoms with Crippen molar-refractivity contribution in [2.45, 2.75) is 13.3 Å².